The summed E-state index contributed by atoms with van der Waals surface area (Å²) in [6.45, 7) is 3.31. The summed E-state index contributed by atoms with van der Waals surface area (Å²) in [7, 11) is 0. The second-order valence-corrected chi connectivity index (χ2v) is 4.94. The topological polar surface area (TPSA) is 58.9 Å². The fourth-order valence-electron chi connectivity index (χ4n) is 2.62. The van der Waals surface area contributed by atoms with E-state index in [0.29, 0.717) is 19.0 Å². The lowest BCUT2D eigenvalue weighted by atomic mass is 9.70. The van der Waals surface area contributed by atoms with E-state index >= 15 is 0 Å². The van der Waals surface area contributed by atoms with Gasteiger partial charge in [-0.05, 0) is 30.6 Å². The van der Waals surface area contributed by atoms with Crippen molar-refractivity contribution in [3.8, 4) is 0 Å². The van der Waals surface area contributed by atoms with Gasteiger partial charge < -0.3 is 0 Å². The van der Waals surface area contributed by atoms with E-state index in [2.05, 4.69) is 16.9 Å². The maximum atomic E-state index is 10.1. The average Bonchev–Trinajstić information content (AvgIpc) is 2.27. The molecule has 0 bridgehead atoms. The highest BCUT2D eigenvalue weighted by Gasteiger charge is 2.31. The molecule has 16 heavy (non-hydrogen) atoms. The van der Waals surface area contributed by atoms with Crippen molar-refractivity contribution >= 4 is 12.2 Å². The Morgan fingerprint density at radius 1 is 1.31 bits per heavy atom. The molecule has 0 aromatic rings. The largest absolute Gasteiger partial charge is 0.234 e. The summed E-state index contributed by atoms with van der Waals surface area (Å²) in [5, 5.41) is 0. The lowest BCUT2D eigenvalue weighted by Gasteiger charge is -2.36. The van der Waals surface area contributed by atoms with Crippen LogP contribution in [0.25, 0.3) is 0 Å². The maximum absolute atomic E-state index is 10.1. The van der Waals surface area contributed by atoms with Gasteiger partial charge in [0, 0.05) is 0 Å². The molecular formula is C12H18N2O2. The molecule has 1 aliphatic carbocycles. The fraction of sp³-hybridized carbons (Fsp3) is 0.833. The van der Waals surface area contributed by atoms with E-state index < -0.39 is 0 Å². The molecule has 0 amide bonds. The second-order valence-electron chi connectivity index (χ2n) is 4.94. The quantitative estimate of drug-likeness (QED) is 0.529. The van der Waals surface area contributed by atoms with Gasteiger partial charge in [0.25, 0.3) is 0 Å². The van der Waals surface area contributed by atoms with Gasteiger partial charge in [0.1, 0.15) is 0 Å². The third kappa shape index (κ3) is 4.09. The van der Waals surface area contributed by atoms with E-state index in [9.17, 15) is 9.59 Å². The minimum absolute atomic E-state index is 0.130. The molecule has 0 heterocycles. The molecule has 4 nitrogen and oxygen atoms in total. The Bertz CT molecular complexity index is 317. The highest BCUT2D eigenvalue weighted by molar-refractivity contribution is 5.33. The van der Waals surface area contributed by atoms with Crippen molar-refractivity contribution in [1.29, 1.82) is 0 Å². The summed E-state index contributed by atoms with van der Waals surface area (Å²) >= 11 is 0. The minimum Gasteiger partial charge on any atom is -0.211 e. The SMILES string of the molecule is CC1(CN=C=O)CCCC(CCN=C=O)C1. The lowest BCUT2D eigenvalue weighted by Crippen LogP contribution is -2.28. The molecule has 0 saturated heterocycles. The van der Waals surface area contributed by atoms with Gasteiger partial charge >= 0.3 is 0 Å². The van der Waals surface area contributed by atoms with Crippen LogP contribution in [-0.2, 0) is 9.59 Å². The minimum atomic E-state index is 0.130. The molecule has 1 saturated carbocycles. The van der Waals surface area contributed by atoms with E-state index in [1.54, 1.807) is 12.2 Å². The fourth-order valence-corrected chi connectivity index (χ4v) is 2.62. The van der Waals surface area contributed by atoms with Gasteiger partial charge in [-0.15, -0.1) is 0 Å². The number of rotatable bonds is 5. The first kappa shape index (κ1) is 12.8. The van der Waals surface area contributed by atoms with Crippen LogP contribution in [0.3, 0.4) is 0 Å². The number of isocyanates is 2. The van der Waals surface area contributed by atoms with Crippen LogP contribution in [0.4, 0.5) is 0 Å². The predicted molar refractivity (Wildman–Crippen MR) is 60.7 cm³/mol. The first-order chi connectivity index (χ1) is 7.70. The molecule has 88 valence electrons. The van der Waals surface area contributed by atoms with E-state index in [1.165, 1.54) is 12.8 Å². The summed E-state index contributed by atoms with van der Waals surface area (Å²) in [5.74, 6) is 0.595. The highest BCUT2D eigenvalue weighted by atomic mass is 16.1. The predicted octanol–water partition coefficient (Wildman–Crippen LogP) is 2.24. The van der Waals surface area contributed by atoms with E-state index in [1.807, 2.05) is 0 Å². The molecular weight excluding hydrogens is 204 g/mol. The first-order valence-electron chi connectivity index (χ1n) is 5.77. The van der Waals surface area contributed by atoms with E-state index in [0.717, 1.165) is 19.3 Å². The monoisotopic (exact) mass is 222 g/mol. The zero-order valence-corrected chi connectivity index (χ0v) is 9.74. The number of nitrogens with zero attached hydrogens (tertiary/aromatic N) is 2. The Kier molecular flexibility index (Phi) is 5.10. The Morgan fingerprint density at radius 2 is 2.06 bits per heavy atom. The van der Waals surface area contributed by atoms with Crippen molar-refractivity contribution in [2.45, 2.75) is 39.0 Å². The normalized spacial score (nSPS) is 28.9. The number of aliphatic imine (C=N–C) groups is 2. The average molecular weight is 222 g/mol. The van der Waals surface area contributed by atoms with Crippen LogP contribution in [0.1, 0.15) is 39.0 Å². The Labute approximate surface area is 95.9 Å². The molecule has 0 aromatic heterocycles. The van der Waals surface area contributed by atoms with Crippen molar-refractivity contribution in [3.05, 3.63) is 0 Å². The third-order valence-electron chi connectivity index (χ3n) is 3.41. The molecule has 1 aliphatic rings. The van der Waals surface area contributed by atoms with Crippen LogP contribution < -0.4 is 0 Å². The Hall–Kier alpha value is -1.24. The third-order valence-corrected chi connectivity index (χ3v) is 3.41. The van der Waals surface area contributed by atoms with Gasteiger partial charge in [0.15, 0.2) is 0 Å². The van der Waals surface area contributed by atoms with Crippen LogP contribution in [0.5, 0.6) is 0 Å². The van der Waals surface area contributed by atoms with Crippen molar-refractivity contribution in [2.24, 2.45) is 21.3 Å². The van der Waals surface area contributed by atoms with Crippen LogP contribution in [0, 0.1) is 11.3 Å². The maximum Gasteiger partial charge on any atom is 0.234 e. The standard InChI is InChI=1S/C12H18N2O2/c1-12(8-14-10-16)5-2-3-11(7-12)4-6-13-9-15/h11H,2-8H2,1H3. The molecule has 0 spiro atoms. The van der Waals surface area contributed by atoms with Crippen LogP contribution >= 0.6 is 0 Å². The molecule has 1 rings (SSSR count). The molecule has 4 heteroatoms. The second kappa shape index (κ2) is 6.37. The van der Waals surface area contributed by atoms with Gasteiger partial charge in [-0.25, -0.2) is 19.6 Å². The number of hydrogen-bond acceptors (Lipinski definition) is 4. The summed E-state index contributed by atoms with van der Waals surface area (Å²) in [6.07, 6.45) is 8.66. The zero-order chi connectivity index (χ0) is 11.9. The molecule has 0 aromatic carbocycles. The number of hydrogen-bond donors (Lipinski definition) is 0. The van der Waals surface area contributed by atoms with Gasteiger partial charge in [-0.1, -0.05) is 19.8 Å². The molecule has 2 atom stereocenters. The summed E-state index contributed by atoms with van der Waals surface area (Å²) in [5.41, 5.74) is 0.130. The van der Waals surface area contributed by atoms with Crippen LogP contribution in [-0.4, -0.2) is 25.2 Å². The molecule has 0 aliphatic heterocycles. The zero-order valence-electron chi connectivity index (χ0n) is 9.74. The lowest BCUT2D eigenvalue weighted by molar-refractivity contribution is 0.163. The van der Waals surface area contributed by atoms with E-state index in [-0.39, 0.29) is 5.41 Å². The van der Waals surface area contributed by atoms with Crippen molar-refractivity contribution < 1.29 is 9.59 Å². The van der Waals surface area contributed by atoms with E-state index in [4.69, 9.17) is 0 Å². The summed E-state index contributed by atoms with van der Waals surface area (Å²) in [4.78, 5) is 27.4. The summed E-state index contributed by atoms with van der Waals surface area (Å²) < 4.78 is 0. The van der Waals surface area contributed by atoms with Crippen molar-refractivity contribution in [2.75, 3.05) is 13.1 Å². The Morgan fingerprint density at radius 3 is 2.75 bits per heavy atom. The molecule has 0 radical (unpaired) electrons. The number of carbonyl (C=O) groups excluding carboxylic acids is 2. The van der Waals surface area contributed by atoms with Gasteiger partial charge in [-0.3, -0.25) is 0 Å². The van der Waals surface area contributed by atoms with Crippen molar-refractivity contribution in [1.82, 2.24) is 0 Å². The van der Waals surface area contributed by atoms with Gasteiger partial charge in [-0.2, -0.15) is 0 Å². The smallest absolute Gasteiger partial charge is 0.211 e. The molecule has 2 unspecified atom stereocenters. The van der Waals surface area contributed by atoms with Gasteiger partial charge in [0.05, 0.1) is 13.1 Å². The Balaban J connectivity index is 2.45. The molecule has 1 fully saturated rings. The van der Waals surface area contributed by atoms with Gasteiger partial charge in [0.2, 0.25) is 12.2 Å². The summed E-state index contributed by atoms with van der Waals surface area (Å²) in [6, 6.07) is 0. The van der Waals surface area contributed by atoms with Crippen LogP contribution in [0.2, 0.25) is 0 Å². The highest BCUT2D eigenvalue weighted by Crippen LogP contribution is 2.40. The first-order valence-corrected chi connectivity index (χ1v) is 5.77. The molecule has 0 N–H and O–H groups in total. The van der Waals surface area contributed by atoms with Crippen LogP contribution in [0.15, 0.2) is 9.98 Å². The van der Waals surface area contributed by atoms with Crippen molar-refractivity contribution in [3.63, 3.8) is 0 Å².